The number of fused-ring (bicyclic) bond motifs is 2. The van der Waals surface area contributed by atoms with E-state index in [0.717, 1.165) is 54.5 Å². The molecule has 0 amide bonds. The van der Waals surface area contributed by atoms with Crippen molar-refractivity contribution in [3.05, 3.63) is 88.6 Å². The Morgan fingerprint density at radius 1 is 1.07 bits per heavy atom. The number of piperidine rings is 1. The van der Waals surface area contributed by atoms with Gasteiger partial charge in [0.2, 0.25) is 0 Å². The molecule has 214 valence electrons. The smallest absolute Gasteiger partial charge is 0.330 e. The highest BCUT2D eigenvalue weighted by molar-refractivity contribution is 5.93. The van der Waals surface area contributed by atoms with Gasteiger partial charge in [-0.05, 0) is 60.2 Å². The first-order valence-electron chi connectivity index (χ1n) is 14.6. The lowest BCUT2D eigenvalue weighted by Gasteiger charge is -2.33. The van der Waals surface area contributed by atoms with Crippen LogP contribution in [0.5, 0.6) is 0 Å². The lowest BCUT2D eigenvalue weighted by atomic mass is 9.97. The lowest BCUT2D eigenvalue weighted by molar-refractivity contribution is 0.211. The average Bonchev–Trinajstić information content (AvgIpc) is 3.21. The molecule has 1 N–H and O–H groups in total. The zero-order valence-corrected chi connectivity index (χ0v) is 24.8. The minimum atomic E-state index is -0.0748. The van der Waals surface area contributed by atoms with Crippen LogP contribution in [0.4, 0.5) is 5.69 Å². The number of hydrogen-bond donors (Lipinski definition) is 1. The molecule has 0 atom stereocenters. The zero-order chi connectivity index (χ0) is 29.4. The summed E-state index contributed by atoms with van der Waals surface area (Å²) in [6.07, 6.45) is 5.87. The molecule has 5 aromatic rings. The van der Waals surface area contributed by atoms with Gasteiger partial charge >= 0.3 is 5.69 Å². The highest BCUT2D eigenvalue weighted by atomic mass is 16.1. The van der Waals surface area contributed by atoms with Gasteiger partial charge in [-0.3, -0.25) is 19.0 Å². The molecule has 0 bridgehead atoms. The van der Waals surface area contributed by atoms with Crippen LogP contribution in [0.25, 0.3) is 33.2 Å². The molecule has 3 aromatic heterocycles. The summed E-state index contributed by atoms with van der Waals surface area (Å²) in [6, 6.07) is 21.1. The van der Waals surface area contributed by atoms with Crippen LogP contribution in [0, 0.1) is 16.7 Å². The Hall–Kier alpha value is -4.48. The molecule has 8 nitrogen and oxygen atoms in total. The summed E-state index contributed by atoms with van der Waals surface area (Å²) in [5, 5.41) is 16.0. The molecular weight excluding hydrogens is 522 g/mol. The molecule has 0 saturated carbocycles. The van der Waals surface area contributed by atoms with Crippen molar-refractivity contribution in [2.45, 2.75) is 52.7 Å². The minimum Gasteiger partial charge on any atom is -0.382 e. The van der Waals surface area contributed by atoms with Gasteiger partial charge in [0.25, 0.3) is 0 Å². The zero-order valence-electron chi connectivity index (χ0n) is 24.8. The van der Waals surface area contributed by atoms with Crippen LogP contribution in [0.3, 0.4) is 0 Å². The number of aromatic nitrogens is 4. The third-order valence-corrected chi connectivity index (χ3v) is 8.13. The van der Waals surface area contributed by atoms with Gasteiger partial charge in [-0.1, -0.05) is 39.0 Å². The predicted molar refractivity (Wildman–Crippen MR) is 168 cm³/mol. The van der Waals surface area contributed by atoms with Crippen LogP contribution in [-0.4, -0.2) is 43.1 Å². The van der Waals surface area contributed by atoms with E-state index in [2.05, 4.69) is 72.4 Å². The van der Waals surface area contributed by atoms with Crippen LogP contribution in [0.1, 0.15) is 44.7 Å². The highest BCUT2D eigenvalue weighted by Crippen LogP contribution is 2.28. The fourth-order valence-corrected chi connectivity index (χ4v) is 6.01. The Balaban J connectivity index is 1.19. The van der Waals surface area contributed by atoms with Crippen molar-refractivity contribution in [2.75, 3.05) is 18.4 Å². The Bertz CT molecular complexity index is 1860. The monoisotopic (exact) mass is 559 g/mol. The molecule has 1 saturated heterocycles. The molecule has 1 aliphatic heterocycles. The van der Waals surface area contributed by atoms with E-state index in [0.29, 0.717) is 29.5 Å². The third-order valence-electron chi connectivity index (χ3n) is 8.13. The van der Waals surface area contributed by atoms with Gasteiger partial charge in [0, 0.05) is 73.7 Å². The maximum atomic E-state index is 13.0. The Labute approximate surface area is 246 Å². The fraction of sp³-hybridized carbons (Fsp3) is 0.353. The highest BCUT2D eigenvalue weighted by Gasteiger charge is 2.22. The molecule has 0 spiro atoms. The first-order valence-corrected chi connectivity index (χ1v) is 14.6. The summed E-state index contributed by atoms with van der Waals surface area (Å²) in [5.74, 6) is 0. The molecule has 0 aliphatic carbocycles. The van der Waals surface area contributed by atoms with Gasteiger partial charge in [0.15, 0.2) is 5.65 Å². The van der Waals surface area contributed by atoms with Crippen LogP contribution < -0.4 is 11.0 Å². The molecule has 0 radical (unpaired) electrons. The van der Waals surface area contributed by atoms with E-state index >= 15 is 0 Å². The van der Waals surface area contributed by atoms with Crippen molar-refractivity contribution in [3.8, 4) is 17.3 Å². The molecule has 4 heterocycles. The summed E-state index contributed by atoms with van der Waals surface area (Å²) >= 11 is 0. The number of likely N-dealkylation sites (tertiary alicyclic amines) is 1. The molecule has 2 aromatic carbocycles. The van der Waals surface area contributed by atoms with E-state index in [1.165, 1.54) is 11.1 Å². The maximum absolute atomic E-state index is 13.0. The van der Waals surface area contributed by atoms with Gasteiger partial charge in [-0.25, -0.2) is 9.78 Å². The number of pyridine rings is 2. The van der Waals surface area contributed by atoms with Gasteiger partial charge in [0.1, 0.15) is 0 Å². The van der Waals surface area contributed by atoms with E-state index in [9.17, 15) is 10.1 Å². The van der Waals surface area contributed by atoms with Crippen molar-refractivity contribution >= 4 is 27.6 Å². The van der Waals surface area contributed by atoms with Crippen molar-refractivity contribution in [1.82, 2.24) is 24.0 Å². The number of nitrogens with zero attached hydrogens (tertiary/aromatic N) is 6. The number of imidazole rings is 1. The molecule has 8 heteroatoms. The Kier molecular flexibility index (Phi) is 7.29. The van der Waals surface area contributed by atoms with Crippen molar-refractivity contribution in [2.24, 2.45) is 12.5 Å². The van der Waals surface area contributed by atoms with Gasteiger partial charge in [0.05, 0.1) is 22.8 Å². The fourth-order valence-electron chi connectivity index (χ4n) is 6.01. The predicted octanol–water partition coefficient (Wildman–Crippen LogP) is 5.94. The Morgan fingerprint density at radius 3 is 2.64 bits per heavy atom. The summed E-state index contributed by atoms with van der Waals surface area (Å²) in [7, 11) is 1.76. The largest absolute Gasteiger partial charge is 0.382 e. The van der Waals surface area contributed by atoms with E-state index in [4.69, 9.17) is 4.98 Å². The minimum absolute atomic E-state index is 0.0444. The second-order valence-electron chi connectivity index (χ2n) is 12.6. The van der Waals surface area contributed by atoms with E-state index in [1.54, 1.807) is 16.2 Å². The van der Waals surface area contributed by atoms with E-state index < -0.39 is 0 Å². The number of anilines is 1. The molecule has 1 fully saturated rings. The molecule has 6 rings (SSSR count). The molecular formula is C34H37N7O. The van der Waals surface area contributed by atoms with Crippen molar-refractivity contribution in [3.63, 3.8) is 0 Å². The standard InChI is InChI=1S/C34H37N7O/c1-34(2,3)22-41-31-11-10-30(38-32(31)39(4)33(41)42)28-18-23(8-9-24(28)19-35)21-40-16-13-26(14-17-40)37-29-7-5-6-25-20-36-15-12-27(25)29/h5-12,15,18,20,26,37H,13-14,16-17,21-22H2,1-4H3. The number of hydrogen-bond acceptors (Lipinski definition) is 6. The van der Waals surface area contributed by atoms with Gasteiger partial charge in [-0.15, -0.1) is 0 Å². The van der Waals surface area contributed by atoms with Crippen LogP contribution in [0.2, 0.25) is 0 Å². The summed E-state index contributed by atoms with van der Waals surface area (Å²) in [6.45, 7) is 9.76. The van der Waals surface area contributed by atoms with Gasteiger partial charge in [-0.2, -0.15) is 5.26 Å². The third kappa shape index (κ3) is 5.53. The van der Waals surface area contributed by atoms with E-state index in [1.807, 2.05) is 36.7 Å². The van der Waals surface area contributed by atoms with Crippen molar-refractivity contribution < 1.29 is 0 Å². The molecule has 42 heavy (non-hydrogen) atoms. The SMILES string of the molecule is Cn1c(=O)n(CC(C)(C)C)c2ccc(-c3cc(CN4CCC(Nc5cccc6cnccc56)CC4)ccc3C#N)nc21. The number of nitriles is 1. The number of aryl methyl sites for hydroxylation is 1. The first-order chi connectivity index (χ1) is 20.2. The maximum Gasteiger partial charge on any atom is 0.330 e. The normalized spacial score (nSPS) is 14.8. The lowest BCUT2D eigenvalue weighted by Crippen LogP contribution is -2.38. The second kappa shape index (κ2) is 11.1. The second-order valence-corrected chi connectivity index (χ2v) is 12.6. The topological polar surface area (TPSA) is 91.8 Å². The van der Waals surface area contributed by atoms with Gasteiger partial charge < -0.3 is 5.32 Å². The number of nitrogens with one attached hydrogen (secondary N) is 1. The molecule has 1 aliphatic rings. The number of rotatable bonds is 6. The number of benzene rings is 2. The van der Waals surface area contributed by atoms with Crippen molar-refractivity contribution in [1.29, 1.82) is 5.26 Å². The van der Waals surface area contributed by atoms with Crippen LogP contribution in [0.15, 0.2) is 71.8 Å². The van der Waals surface area contributed by atoms with Crippen LogP contribution >= 0.6 is 0 Å². The molecule has 0 unspecified atom stereocenters. The average molecular weight is 560 g/mol. The quantitative estimate of drug-likeness (QED) is 0.277. The van der Waals surface area contributed by atoms with E-state index in [-0.39, 0.29) is 11.1 Å². The Morgan fingerprint density at radius 2 is 1.88 bits per heavy atom. The van der Waals surface area contributed by atoms with Crippen LogP contribution in [-0.2, 0) is 20.1 Å². The summed E-state index contributed by atoms with van der Waals surface area (Å²) in [5.41, 5.74) is 5.73. The first kappa shape index (κ1) is 27.7. The summed E-state index contributed by atoms with van der Waals surface area (Å²) < 4.78 is 3.40. The summed E-state index contributed by atoms with van der Waals surface area (Å²) in [4.78, 5) is 24.6.